The molecule has 5 nitrogen and oxygen atoms in total. The van der Waals surface area contributed by atoms with Gasteiger partial charge in [-0.05, 0) is 74.9 Å². The van der Waals surface area contributed by atoms with E-state index in [4.69, 9.17) is 4.74 Å². The molecule has 0 saturated carbocycles. The van der Waals surface area contributed by atoms with Gasteiger partial charge in [0.15, 0.2) is 0 Å². The van der Waals surface area contributed by atoms with Gasteiger partial charge in [0.25, 0.3) is 5.56 Å². The Hall–Kier alpha value is -2.73. The standard InChI is InChI=1S/C25H30FN3O2/c1-18-3-4-20(15-22(18)26)6-5-19-9-11-28(12-10-19)13-14-29-24-16-21(31-2)17-27-23(24)7-8-25(29)30/h3-4,7-8,15-17,19H,5-6,9-14H2,1-2H3. The van der Waals surface area contributed by atoms with E-state index in [1.165, 1.54) is 0 Å². The van der Waals surface area contributed by atoms with Crippen molar-refractivity contribution in [3.8, 4) is 5.75 Å². The Morgan fingerprint density at radius 3 is 2.68 bits per heavy atom. The van der Waals surface area contributed by atoms with Crippen LogP contribution < -0.4 is 10.3 Å². The molecule has 4 rings (SSSR count). The lowest BCUT2D eigenvalue weighted by molar-refractivity contribution is 0.174. The van der Waals surface area contributed by atoms with E-state index in [0.717, 1.165) is 61.9 Å². The monoisotopic (exact) mass is 423 g/mol. The molecule has 0 amide bonds. The van der Waals surface area contributed by atoms with Gasteiger partial charge in [0.1, 0.15) is 11.6 Å². The van der Waals surface area contributed by atoms with E-state index in [1.54, 1.807) is 43.0 Å². The van der Waals surface area contributed by atoms with Gasteiger partial charge in [-0.1, -0.05) is 12.1 Å². The summed E-state index contributed by atoms with van der Waals surface area (Å²) in [6.07, 6.45) is 6.00. The Balaban J connectivity index is 1.31. The van der Waals surface area contributed by atoms with Crippen LogP contribution in [0.1, 0.15) is 30.4 Å². The fourth-order valence-corrected chi connectivity index (χ4v) is 4.39. The van der Waals surface area contributed by atoms with Crippen molar-refractivity contribution in [3.63, 3.8) is 0 Å². The predicted octanol–water partition coefficient (Wildman–Crippen LogP) is 4.20. The third-order valence-electron chi connectivity index (χ3n) is 6.47. The summed E-state index contributed by atoms with van der Waals surface area (Å²) in [6.45, 7) is 5.35. The normalized spacial score (nSPS) is 15.5. The first-order valence-electron chi connectivity index (χ1n) is 11.0. The number of hydrogen-bond acceptors (Lipinski definition) is 4. The van der Waals surface area contributed by atoms with Crippen molar-refractivity contribution in [3.05, 3.63) is 69.9 Å². The number of nitrogens with zero attached hydrogens (tertiary/aromatic N) is 3. The second-order valence-corrected chi connectivity index (χ2v) is 8.51. The summed E-state index contributed by atoms with van der Waals surface area (Å²) in [5, 5.41) is 0. The molecule has 3 aromatic rings. The van der Waals surface area contributed by atoms with Crippen LogP contribution in [0.15, 0.2) is 47.4 Å². The molecule has 0 atom stereocenters. The number of hydrogen-bond donors (Lipinski definition) is 0. The summed E-state index contributed by atoms with van der Waals surface area (Å²) in [6, 6.07) is 10.8. The summed E-state index contributed by atoms with van der Waals surface area (Å²) in [5.41, 5.74) is 3.39. The van der Waals surface area contributed by atoms with Crippen LogP contribution in [0.25, 0.3) is 11.0 Å². The Morgan fingerprint density at radius 1 is 1.13 bits per heavy atom. The molecule has 0 bridgehead atoms. The molecule has 3 heterocycles. The van der Waals surface area contributed by atoms with Crippen LogP contribution in [0.2, 0.25) is 0 Å². The van der Waals surface area contributed by atoms with E-state index in [0.29, 0.717) is 23.8 Å². The maximum absolute atomic E-state index is 13.7. The molecule has 1 aromatic carbocycles. The highest BCUT2D eigenvalue weighted by atomic mass is 19.1. The average Bonchev–Trinajstić information content (AvgIpc) is 2.79. The molecule has 6 heteroatoms. The third-order valence-corrected chi connectivity index (χ3v) is 6.47. The summed E-state index contributed by atoms with van der Waals surface area (Å²) < 4.78 is 20.8. The molecule has 0 spiro atoms. The molecule has 1 saturated heterocycles. The molecule has 1 aliphatic heterocycles. The van der Waals surface area contributed by atoms with Crippen molar-refractivity contribution in [1.29, 1.82) is 0 Å². The van der Waals surface area contributed by atoms with Crippen LogP contribution in [-0.2, 0) is 13.0 Å². The number of methoxy groups -OCH3 is 1. The first-order chi connectivity index (χ1) is 15.0. The van der Waals surface area contributed by atoms with Crippen LogP contribution in [0.3, 0.4) is 0 Å². The van der Waals surface area contributed by atoms with E-state index in [9.17, 15) is 9.18 Å². The van der Waals surface area contributed by atoms with Crippen LogP contribution >= 0.6 is 0 Å². The number of piperidine rings is 1. The number of rotatable bonds is 7. The van der Waals surface area contributed by atoms with Crippen molar-refractivity contribution in [2.24, 2.45) is 5.92 Å². The van der Waals surface area contributed by atoms with E-state index in [-0.39, 0.29) is 11.4 Å². The van der Waals surface area contributed by atoms with Gasteiger partial charge in [0, 0.05) is 25.2 Å². The van der Waals surface area contributed by atoms with Crippen molar-refractivity contribution >= 4 is 11.0 Å². The van der Waals surface area contributed by atoms with Crippen molar-refractivity contribution in [2.75, 3.05) is 26.7 Å². The fourth-order valence-electron chi connectivity index (χ4n) is 4.39. The van der Waals surface area contributed by atoms with Crippen molar-refractivity contribution in [2.45, 2.75) is 39.2 Å². The van der Waals surface area contributed by atoms with Gasteiger partial charge < -0.3 is 14.2 Å². The molecule has 31 heavy (non-hydrogen) atoms. The highest BCUT2D eigenvalue weighted by Crippen LogP contribution is 2.23. The fraction of sp³-hybridized carbons (Fsp3) is 0.440. The Bertz CT molecular complexity index is 1100. The maximum Gasteiger partial charge on any atom is 0.251 e. The minimum atomic E-state index is -0.108. The zero-order chi connectivity index (χ0) is 21.8. The molecular weight excluding hydrogens is 393 g/mol. The molecule has 2 aromatic heterocycles. The molecule has 0 radical (unpaired) electrons. The van der Waals surface area contributed by atoms with Crippen LogP contribution in [0.5, 0.6) is 5.75 Å². The largest absolute Gasteiger partial charge is 0.495 e. The summed E-state index contributed by atoms with van der Waals surface area (Å²) in [4.78, 5) is 19.3. The SMILES string of the molecule is COc1cnc2ccc(=O)n(CCN3CCC(CCc4ccc(C)c(F)c4)CC3)c2c1. The number of aryl methyl sites for hydroxylation is 2. The average molecular weight is 424 g/mol. The van der Waals surface area contributed by atoms with Crippen molar-refractivity contribution < 1.29 is 9.13 Å². The van der Waals surface area contributed by atoms with Gasteiger partial charge in [0.2, 0.25) is 0 Å². The van der Waals surface area contributed by atoms with Crippen LogP contribution in [-0.4, -0.2) is 41.2 Å². The topological polar surface area (TPSA) is 47.4 Å². The number of halogens is 1. The second-order valence-electron chi connectivity index (χ2n) is 8.51. The van der Waals surface area contributed by atoms with Gasteiger partial charge in [-0.15, -0.1) is 0 Å². The van der Waals surface area contributed by atoms with E-state index >= 15 is 0 Å². The number of fused-ring (bicyclic) bond motifs is 1. The van der Waals surface area contributed by atoms with Gasteiger partial charge in [-0.2, -0.15) is 0 Å². The minimum absolute atomic E-state index is 0.0113. The Kier molecular flexibility index (Phi) is 6.66. The van der Waals surface area contributed by atoms with Crippen LogP contribution in [0, 0.1) is 18.7 Å². The highest BCUT2D eigenvalue weighted by molar-refractivity contribution is 5.75. The molecule has 0 unspecified atom stereocenters. The molecule has 1 aliphatic rings. The lowest BCUT2D eigenvalue weighted by atomic mass is 9.90. The zero-order valence-electron chi connectivity index (χ0n) is 18.3. The number of pyridine rings is 2. The van der Waals surface area contributed by atoms with E-state index in [1.807, 2.05) is 18.2 Å². The van der Waals surface area contributed by atoms with Gasteiger partial charge >= 0.3 is 0 Å². The third kappa shape index (κ3) is 5.13. The Labute approximate surface area is 182 Å². The molecule has 164 valence electrons. The molecule has 1 fully saturated rings. The number of benzene rings is 1. The minimum Gasteiger partial charge on any atom is -0.495 e. The van der Waals surface area contributed by atoms with Gasteiger partial charge in [0.05, 0.1) is 24.3 Å². The highest BCUT2D eigenvalue weighted by Gasteiger charge is 2.19. The molecule has 0 aliphatic carbocycles. The second kappa shape index (κ2) is 9.60. The molecular formula is C25H30FN3O2. The number of ether oxygens (including phenoxy) is 1. The number of likely N-dealkylation sites (tertiary alicyclic amines) is 1. The Morgan fingerprint density at radius 2 is 1.94 bits per heavy atom. The number of aromatic nitrogens is 2. The smallest absolute Gasteiger partial charge is 0.251 e. The quantitative estimate of drug-likeness (QED) is 0.572. The predicted molar refractivity (Wildman–Crippen MR) is 121 cm³/mol. The van der Waals surface area contributed by atoms with Crippen molar-refractivity contribution in [1.82, 2.24) is 14.5 Å². The lowest BCUT2D eigenvalue weighted by Gasteiger charge is -2.32. The zero-order valence-corrected chi connectivity index (χ0v) is 18.3. The van der Waals surface area contributed by atoms with Crippen LogP contribution in [0.4, 0.5) is 4.39 Å². The summed E-state index contributed by atoms with van der Waals surface area (Å²) >= 11 is 0. The first-order valence-corrected chi connectivity index (χ1v) is 11.0. The van der Waals surface area contributed by atoms with E-state index < -0.39 is 0 Å². The van der Waals surface area contributed by atoms with Gasteiger partial charge in [-0.3, -0.25) is 9.78 Å². The van der Waals surface area contributed by atoms with Gasteiger partial charge in [-0.25, -0.2) is 4.39 Å². The maximum atomic E-state index is 13.7. The first kappa shape index (κ1) is 21.5. The summed E-state index contributed by atoms with van der Waals surface area (Å²) in [5.74, 6) is 1.22. The van der Waals surface area contributed by atoms with E-state index in [2.05, 4.69) is 9.88 Å². The molecule has 0 N–H and O–H groups in total. The lowest BCUT2D eigenvalue weighted by Crippen LogP contribution is -2.37. The summed E-state index contributed by atoms with van der Waals surface area (Å²) in [7, 11) is 1.60.